The zero-order chi connectivity index (χ0) is 15.4. The summed E-state index contributed by atoms with van der Waals surface area (Å²) in [5, 5.41) is 13.5. The fraction of sp³-hybridized carbons (Fsp3) is 0. The molecule has 0 saturated heterocycles. The zero-order valence-corrected chi connectivity index (χ0v) is 11.4. The van der Waals surface area contributed by atoms with E-state index in [9.17, 15) is 9.90 Å². The summed E-state index contributed by atoms with van der Waals surface area (Å²) in [5.74, 6) is 0.126. The first kappa shape index (κ1) is 13.7. The highest BCUT2D eigenvalue weighted by Gasteiger charge is 2.12. The molecule has 110 valence electrons. The molecule has 0 aliphatic heterocycles. The third kappa shape index (κ3) is 3.06. The number of aromatic hydroxyl groups is 1. The van der Waals surface area contributed by atoms with Crippen LogP contribution in [0.25, 0.3) is 0 Å². The number of nitrogens with zero attached hydrogens (tertiary/aromatic N) is 1. The van der Waals surface area contributed by atoms with Gasteiger partial charge in [-0.2, -0.15) is 0 Å². The highest BCUT2D eigenvalue weighted by molar-refractivity contribution is 6.10. The molecule has 0 saturated carbocycles. The fourth-order valence-electron chi connectivity index (χ4n) is 1.87. The first-order valence-electron chi connectivity index (χ1n) is 6.51. The Bertz CT molecular complexity index is 850. The monoisotopic (exact) mass is 296 g/mol. The van der Waals surface area contributed by atoms with Gasteiger partial charge in [-0.1, -0.05) is 41.6 Å². The minimum Gasteiger partial charge on any atom is -0.508 e. The fourth-order valence-corrected chi connectivity index (χ4v) is 1.87. The molecule has 0 fully saturated rings. The smallest absolute Gasteiger partial charge is 0.416 e. The molecule has 0 atom stereocenters. The molecule has 6 nitrogen and oxygen atoms in total. The summed E-state index contributed by atoms with van der Waals surface area (Å²) < 4.78 is 5.04. The number of oxime groups is 1. The van der Waals surface area contributed by atoms with Gasteiger partial charge in [-0.25, -0.2) is 4.79 Å². The molecule has 0 aliphatic carbocycles. The van der Waals surface area contributed by atoms with Crippen molar-refractivity contribution in [2.45, 2.75) is 0 Å². The number of phenolic OH excluding ortho intramolecular Hbond substituents is 1. The molecule has 0 bridgehead atoms. The van der Waals surface area contributed by atoms with Crippen LogP contribution in [0, 0.1) is 0 Å². The van der Waals surface area contributed by atoms with Gasteiger partial charge in [-0.05, 0) is 12.1 Å². The van der Waals surface area contributed by atoms with Crippen molar-refractivity contribution in [2.75, 3.05) is 0 Å². The Morgan fingerprint density at radius 1 is 1.14 bits per heavy atom. The van der Waals surface area contributed by atoms with E-state index in [2.05, 4.69) is 10.1 Å². The summed E-state index contributed by atoms with van der Waals surface area (Å²) in [7, 11) is 0. The van der Waals surface area contributed by atoms with Gasteiger partial charge < -0.3 is 14.4 Å². The maximum atomic E-state index is 11.2. The number of hydrogen-bond donors (Lipinski definition) is 2. The van der Waals surface area contributed by atoms with Gasteiger partial charge in [-0.3, -0.25) is 4.98 Å². The van der Waals surface area contributed by atoms with Crippen LogP contribution in [0.3, 0.4) is 0 Å². The van der Waals surface area contributed by atoms with Crippen LogP contribution in [0.2, 0.25) is 0 Å². The first-order chi connectivity index (χ1) is 10.7. The van der Waals surface area contributed by atoms with E-state index in [0.29, 0.717) is 11.5 Å². The van der Waals surface area contributed by atoms with E-state index in [-0.39, 0.29) is 11.5 Å². The SMILES string of the molecule is O=c1[nH]cc(/C(=N\Oc2cccc(O)c2)c2ccccc2)o1. The number of H-pyrrole nitrogens is 1. The normalized spacial score (nSPS) is 11.4. The Labute approximate surface area is 125 Å². The van der Waals surface area contributed by atoms with Gasteiger partial charge in [0.15, 0.2) is 17.2 Å². The molecule has 3 rings (SSSR count). The molecule has 0 radical (unpaired) electrons. The molecule has 0 spiro atoms. The van der Waals surface area contributed by atoms with Gasteiger partial charge in [-0.15, -0.1) is 0 Å². The number of aromatic amines is 1. The Balaban J connectivity index is 1.98. The lowest BCUT2D eigenvalue weighted by molar-refractivity contribution is 0.337. The van der Waals surface area contributed by atoms with Crippen LogP contribution >= 0.6 is 0 Å². The van der Waals surface area contributed by atoms with Crippen molar-refractivity contribution in [3.8, 4) is 11.5 Å². The van der Waals surface area contributed by atoms with Crippen LogP contribution in [0.4, 0.5) is 0 Å². The van der Waals surface area contributed by atoms with Crippen LogP contribution in [0.5, 0.6) is 11.5 Å². The largest absolute Gasteiger partial charge is 0.508 e. The van der Waals surface area contributed by atoms with Crippen LogP contribution in [-0.4, -0.2) is 15.8 Å². The molecule has 0 aliphatic rings. The summed E-state index contributed by atoms with van der Waals surface area (Å²) in [6.45, 7) is 0. The number of aromatic nitrogens is 1. The Morgan fingerprint density at radius 2 is 1.95 bits per heavy atom. The molecular formula is C16H12N2O4. The molecule has 22 heavy (non-hydrogen) atoms. The van der Waals surface area contributed by atoms with Crippen molar-refractivity contribution in [3.63, 3.8) is 0 Å². The molecule has 1 heterocycles. The van der Waals surface area contributed by atoms with E-state index in [0.717, 1.165) is 5.56 Å². The average Bonchev–Trinajstić information content (AvgIpc) is 2.95. The minimum atomic E-state index is -0.573. The van der Waals surface area contributed by atoms with E-state index in [1.807, 2.05) is 30.3 Å². The molecule has 1 aromatic heterocycles. The molecule has 2 N–H and O–H groups in total. The summed E-state index contributed by atoms with van der Waals surface area (Å²) >= 11 is 0. The minimum absolute atomic E-state index is 0.0714. The van der Waals surface area contributed by atoms with E-state index < -0.39 is 5.76 Å². The van der Waals surface area contributed by atoms with Gasteiger partial charge >= 0.3 is 5.76 Å². The van der Waals surface area contributed by atoms with Gasteiger partial charge in [0.2, 0.25) is 0 Å². The lowest BCUT2D eigenvalue weighted by atomic mass is 10.1. The second kappa shape index (κ2) is 6.01. The highest BCUT2D eigenvalue weighted by atomic mass is 16.6. The van der Waals surface area contributed by atoms with Crippen molar-refractivity contribution in [3.05, 3.63) is 82.7 Å². The quantitative estimate of drug-likeness (QED) is 0.572. The average molecular weight is 296 g/mol. The molecule has 0 amide bonds. The maximum Gasteiger partial charge on any atom is 0.416 e. The van der Waals surface area contributed by atoms with Crippen LogP contribution in [-0.2, 0) is 0 Å². The predicted octanol–water partition coefficient (Wildman–Crippen LogP) is 2.50. The molecule has 0 unspecified atom stereocenters. The Hall–Kier alpha value is -3.28. The zero-order valence-electron chi connectivity index (χ0n) is 11.4. The number of rotatable bonds is 4. The van der Waals surface area contributed by atoms with Gasteiger partial charge in [0, 0.05) is 11.6 Å². The van der Waals surface area contributed by atoms with Crippen LogP contribution in [0.15, 0.2) is 75.2 Å². The lowest BCUT2D eigenvalue weighted by Gasteiger charge is -2.04. The van der Waals surface area contributed by atoms with Gasteiger partial charge in [0.25, 0.3) is 0 Å². The maximum absolute atomic E-state index is 11.2. The number of hydrogen-bond acceptors (Lipinski definition) is 5. The standard InChI is InChI=1S/C16H12N2O4/c19-12-7-4-8-13(9-12)22-18-15(11-5-2-1-3-6-11)14-10-17-16(20)21-14/h1-10,19H,(H,17,20)/b18-15-. The lowest BCUT2D eigenvalue weighted by Crippen LogP contribution is -2.05. The van der Waals surface area contributed by atoms with Gasteiger partial charge in [0.1, 0.15) is 5.75 Å². The molecule has 6 heteroatoms. The number of phenols is 1. The van der Waals surface area contributed by atoms with E-state index in [4.69, 9.17) is 9.25 Å². The van der Waals surface area contributed by atoms with Crippen molar-refractivity contribution in [1.29, 1.82) is 0 Å². The second-order valence-corrected chi connectivity index (χ2v) is 4.44. The summed E-state index contributed by atoms with van der Waals surface area (Å²) in [4.78, 5) is 18.9. The third-order valence-corrected chi connectivity index (χ3v) is 2.86. The third-order valence-electron chi connectivity index (χ3n) is 2.86. The number of oxazole rings is 1. The van der Waals surface area contributed by atoms with Crippen LogP contribution in [0.1, 0.15) is 11.3 Å². The molecule has 2 aromatic carbocycles. The Kier molecular flexibility index (Phi) is 3.74. The number of nitrogens with one attached hydrogen (secondary N) is 1. The van der Waals surface area contributed by atoms with Gasteiger partial charge in [0.05, 0.1) is 6.20 Å². The molecule has 3 aromatic rings. The van der Waals surface area contributed by atoms with E-state index in [1.54, 1.807) is 12.1 Å². The van der Waals surface area contributed by atoms with Crippen molar-refractivity contribution in [2.24, 2.45) is 5.16 Å². The summed E-state index contributed by atoms with van der Waals surface area (Å²) in [6.07, 6.45) is 1.42. The highest BCUT2D eigenvalue weighted by Crippen LogP contribution is 2.19. The number of benzene rings is 2. The van der Waals surface area contributed by atoms with Crippen molar-refractivity contribution < 1.29 is 14.4 Å². The first-order valence-corrected chi connectivity index (χ1v) is 6.51. The second-order valence-electron chi connectivity index (χ2n) is 4.44. The van der Waals surface area contributed by atoms with Crippen molar-refractivity contribution in [1.82, 2.24) is 4.98 Å². The Morgan fingerprint density at radius 3 is 2.64 bits per heavy atom. The van der Waals surface area contributed by atoms with E-state index in [1.165, 1.54) is 18.3 Å². The summed E-state index contributed by atoms with van der Waals surface area (Å²) in [5.41, 5.74) is 1.09. The van der Waals surface area contributed by atoms with Crippen molar-refractivity contribution >= 4 is 5.71 Å². The topological polar surface area (TPSA) is 87.8 Å². The summed E-state index contributed by atoms with van der Waals surface area (Å²) in [6, 6.07) is 15.4. The van der Waals surface area contributed by atoms with E-state index >= 15 is 0 Å². The van der Waals surface area contributed by atoms with Crippen LogP contribution < -0.4 is 10.6 Å². The predicted molar refractivity (Wildman–Crippen MR) is 80.1 cm³/mol. The molecular weight excluding hydrogens is 284 g/mol.